The van der Waals surface area contributed by atoms with Crippen molar-refractivity contribution in [2.24, 2.45) is 0 Å². The van der Waals surface area contributed by atoms with Crippen LogP contribution in [0, 0.1) is 0 Å². The van der Waals surface area contributed by atoms with E-state index < -0.39 is 0 Å². The number of hydrogen-bond donors (Lipinski definition) is 0. The number of carbonyl (C=O) groups is 1. The molecule has 14 heavy (non-hydrogen) atoms. The summed E-state index contributed by atoms with van der Waals surface area (Å²) in [5.41, 5.74) is 1.00. The lowest BCUT2D eigenvalue weighted by molar-refractivity contribution is -0.147. The van der Waals surface area contributed by atoms with E-state index in [1.54, 1.807) is 0 Å². The van der Waals surface area contributed by atoms with E-state index in [0.717, 1.165) is 12.0 Å². The predicted molar refractivity (Wildman–Crippen MR) is 56.0 cm³/mol. The van der Waals surface area contributed by atoms with E-state index in [0.29, 0.717) is 6.42 Å². The Labute approximate surface area is 84.9 Å². The molecule has 76 valence electrons. The molecule has 1 aromatic rings. The first-order valence-electron chi connectivity index (χ1n) is 4.95. The normalized spacial score (nSPS) is 12.1. The topological polar surface area (TPSA) is 26.3 Å². The third-order valence-electron chi connectivity index (χ3n) is 2.10. The summed E-state index contributed by atoms with van der Waals surface area (Å²) in [6, 6.07) is 9.64. The van der Waals surface area contributed by atoms with Crippen molar-refractivity contribution in [2.75, 3.05) is 0 Å². The highest BCUT2D eigenvalue weighted by Crippen LogP contribution is 2.03. The number of esters is 1. The first kappa shape index (κ1) is 10.8. The molecule has 1 unspecified atom stereocenters. The molecule has 1 aromatic carbocycles. The maximum Gasteiger partial charge on any atom is 0.310 e. The van der Waals surface area contributed by atoms with Crippen LogP contribution in [0.15, 0.2) is 30.3 Å². The Morgan fingerprint density at radius 2 is 2.00 bits per heavy atom. The van der Waals surface area contributed by atoms with Gasteiger partial charge in [0.25, 0.3) is 0 Å². The zero-order chi connectivity index (χ0) is 10.4. The van der Waals surface area contributed by atoms with Crippen molar-refractivity contribution in [3.63, 3.8) is 0 Å². The molecule has 0 aliphatic carbocycles. The van der Waals surface area contributed by atoms with Crippen LogP contribution < -0.4 is 0 Å². The third-order valence-corrected chi connectivity index (χ3v) is 2.10. The van der Waals surface area contributed by atoms with Crippen molar-refractivity contribution in [1.29, 1.82) is 0 Å². The maximum atomic E-state index is 11.4. The third kappa shape index (κ3) is 3.60. The summed E-state index contributed by atoms with van der Waals surface area (Å²) in [4.78, 5) is 11.4. The van der Waals surface area contributed by atoms with E-state index in [-0.39, 0.29) is 12.1 Å². The Kier molecular flexibility index (Phi) is 4.17. The zero-order valence-corrected chi connectivity index (χ0v) is 8.69. The van der Waals surface area contributed by atoms with Crippen LogP contribution in [0.25, 0.3) is 0 Å². The summed E-state index contributed by atoms with van der Waals surface area (Å²) < 4.78 is 5.16. The molecular formula is C12H16O2. The fourth-order valence-electron chi connectivity index (χ4n) is 1.11. The number of benzene rings is 1. The second kappa shape index (κ2) is 5.43. The molecule has 0 aliphatic heterocycles. The molecule has 0 bridgehead atoms. The Bertz CT molecular complexity index is 280. The fraction of sp³-hybridized carbons (Fsp3) is 0.417. The van der Waals surface area contributed by atoms with Crippen LogP contribution in [0.1, 0.15) is 25.8 Å². The highest BCUT2D eigenvalue weighted by Gasteiger charge is 2.07. The molecule has 0 fully saturated rings. The lowest BCUT2D eigenvalue weighted by Crippen LogP contribution is -2.15. The number of carbonyl (C=O) groups excluding carboxylic acids is 1. The van der Waals surface area contributed by atoms with Crippen LogP contribution in [0.5, 0.6) is 0 Å². The van der Waals surface area contributed by atoms with Crippen molar-refractivity contribution >= 4 is 5.97 Å². The maximum absolute atomic E-state index is 11.4. The van der Waals surface area contributed by atoms with Crippen molar-refractivity contribution in [3.8, 4) is 0 Å². The second-order valence-electron chi connectivity index (χ2n) is 3.37. The first-order chi connectivity index (χ1) is 6.72. The highest BCUT2D eigenvalue weighted by atomic mass is 16.5. The molecule has 0 spiro atoms. The number of hydrogen-bond acceptors (Lipinski definition) is 2. The first-order valence-corrected chi connectivity index (χ1v) is 4.95. The van der Waals surface area contributed by atoms with Crippen LogP contribution in [0.3, 0.4) is 0 Å². The van der Waals surface area contributed by atoms with E-state index in [9.17, 15) is 4.79 Å². The molecule has 0 aromatic heterocycles. The minimum atomic E-state index is -0.148. The molecule has 0 radical (unpaired) electrons. The van der Waals surface area contributed by atoms with Gasteiger partial charge in [-0.05, 0) is 18.9 Å². The van der Waals surface area contributed by atoms with Crippen molar-refractivity contribution in [2.45, 2.75) is 32.8 Å². The standard InChI is InChI=1S/C12H16O2/c1-3-10(2)14-12(13)9-11-7-5-4-6-8-11/h4-8,10H,3,9H2,1-2H3. The highest BCUT2D eigenvalue weighted by molar-refractivity contribution is 5.72. The summed E-state index contributed by atoms with van der Waals surface area (Å²) in [5.74, 6) is -0.148. The van der Waals surface area contributed by atoms with E-state index in [1.165, 1.54) is 0 Å². The van der Waals surface area contributed by atoms with E-state index in [2.05, 4.69) is 0 Å². The van der Waals surface area contributed by atoms with Crippen LogP contribution in [-0.4, -0.2) is 12.1 Å². The average Bonchev–Trinajstić information content (AvgIpc) is 2.19. The van der Waals surface area contributed by atoms with Gasteiger partial charge in [-0.15, -0.1) is 0 Å². The monoisotopic (exact) mass is 192 g/mol. The van der Waals surface area contributed by atoms with Gasteiger partial charge in [-0.2, -0.15) is 0 Å². The van der Waals surface area contributed by atoms with Gasteiger partial charge < -0.3 is 4.74 Å². The van der Waals surface area contributed by atoms with Crippen LogP contribution in [0.4, 0.5) is 0 Å². The summed E-state index contributed by atoms with van der Waals surface area (Å²) in [6.07, 6.45) is 1.25. The molecule has 0 saturated carbocycles. The van der Waals surface area contributed by atoms with Crippen LogP contribution >= 0.6 is 0 Å². The SMILES string of the molecule is CCC(C)OC(=O)Cc1ccccc1. The van der Waals surface area contributed by atoms with Gasteiger partial charge in [0.15, 0.2) is 0 Å². The predicted octanol–water partition coefficient (Wildman–Crippen LogP) is 2.57. The Morgan fingerprint density at radius 1 is 1.36 bits per heavy atom. The van der Waals surface area contributed by atoms with Gasteiger partial charge in [0.05, 0.1) is 12.5 Å². The van der Waals surface area contributed by atoms with Crippen molar-refractivity contribution < 1.29 is 9.53 Å². The summed E-state index contributed by atoms with van der Waals surface area (Å²) >= 11 is 0. The minimum Gasteiger partial charge on any atom is -0.462 e. The number of rotatable bonds is 4. The van der Waals surface area contributed by atoms with Crippen molar-refractivity contribution in [1.82, 2.24) is 0 Å². The Hall–Kier alpha value is -1.31. The van der Waals surface area contributed by atoms with E-state index >= 15 is 0 Å². The molecule has 2 heteroatoms. The lowest BCUT2D eigenvalue weighted by Gasteiger charge is -2.10. The second-order valence-corrected chi connectivity index (χ2v) is 3.37. The lowest BCUT2D eigenvalue weighted by atomic mass is 10.1. The van der Waals surface area contributed by atoms with Crippen LogP contribution in [-0.2, 0) is 16.0 Å². The van der Waals surface area contributed by atoms with Gasteiger partial charge in [0.2, 0.25) is 0 Å². The average molecular weight is 192 g/mol. The minimum absolute atomic E-state index is 0.0196. The zero-order valence-electron chi connectivity index (χ0n) is 8.69. The van der Waals surface area contributed by atoms with Gasteiger partial charge in [0.1, 0.15) is 0 Å². The van der Waals surface area contributed by atoms with Gasteiger partial charge in [0, 0.05) is 0 Å². The molecule has 1 rings (SSSR count). The summed E-state index contributed by atoms with van der Waals surface area (Å²) in [5, 5.41) is 0. The number of ether oxygens (including phenoxy) is 1. The molecule has 0 heterocycles. The molecule has 0 saturated heterocycles. The van der Waals surface area contributed by atoms with E-state index in [1.807, 2.05) is 44.2 Å². The molecule has 1 atom stereocenters. The Morgan fingerprint density at radius 3 is 2.57 bits per heavy atom. The van der Waals surface area contributed by atoms with Crippen LogP contribution in [0.2, 0.25) is 0 Å². The van der Waals surface area contributed by atoms with Gasteiger partial charge in [-0.1, -0.05) is 37.3 Å². The van der Waals surface area contributed by atoms with E-state index in [4.69, 9.17) is 4.74 Å². The smallest absolute Gasteiger partial charge is 0.310 e. The van der Waals surface area contributed by atoms with Gasteiger partial charge in [-0.25, -0.2) is 0 Å². The summed E-state index contributed by atoms with van der Waals surface area (Å²) in [6.45, 7) is 3.91. The molecule has 0 N–H and O–H groups in total. The van der Waals surface area contributed by atoms with Gasteiger partial charge >= 0.3 is 5.97 Å². The molecule has 2 nitrogen and oxygen atoms in total. The quantitative estimate of drug-likeness (QED) is 0.685. The van der Waals surface area contributed by atoms with Crippen molar-refractivity contribution in [3.05, 3.63) is 35.9 Å². The largest absolute Gasteiger partial charge is 0.462 e. The Balaban J connectivity index is 2.42. The fourth-order valence-corrected chi connectivity index (χ4v) is 1.11. The molecule has 0 aliphatic rings. The van der Waals surface area contributed by atoms with Gasteiger partial charge in [-0.3, -0.25) is 4.79 Å². The summed E-state index contributed by atoms with van der Waals surface area (Å²) in [7, 11) is 0. The molecular weight excluding hydrogens is 176 g/mol. The molecule has 0 amide bonds.